The van der Waals surface area contributed by atoms with Gasteiger partial charge in [-0.25, -0.2) is 0 Å². The summed E-state index contributed by atoms with van der Waals surface area (Å²) >= 11 is 12.9. The second-order valence-electron chi connectivity index (χ2n) is 2.43. The summed E-state index contributed by atoms with van der Waals surface area (Å²) in [6.45, 7) is 0. The molecule has 0 radical (unpaired) electrons. The average molecular weight is 247 g/mol. The number of hydrogen-bond acceptors (Lipinski definition) is 5. The van der Waals surface area contributed by atoms with E-state index in [9.17, 15) is 0 Å². The summed E-state index contributed by atoms with van der Waals surface area (Å²) in [5.41, 5.74) is 5.99. The summed E-state index contributed by atoms with van der Waals surface area (Å²) in [5, 5.41) is 9.39. The van der Waals surface area contributed by atoms with Crippen LogP contribution in [0, 0.1) is 0 Å². The lowest BCUT2D eigenvalue weighted by Crippen LogP contribution is -1.84. The second-order valence-corrected chi connectivity index (χ2v) is 4.28. The summed E-state index contributed by atoms with van der Waals surface area (Å²) in [6, 6.07) is 1.60. The quantitative estimate of drug-likeness (QED) is 0.840. The third kappa shape index (κ3) is 1.79. The molecule has 0 saturated carbocycles. The summed E-state index contributed by atoms with van der Waals surface area (Å²) < 4.78 is 0. The first kappa shape index (κ1) is 9.64. The molecular weight excluding hydrogens is 243 g/mol. The smallest absolute Gasteiger partial charge is 0.203 e. The van der Waals surface area contributed by atoms with E-state index in [1.807, 2.05) is 0 Å². The summed E-state index contributed by atoms with van der Waals surface area (Å²) in [7, 11) is 0. The Kier molecular flexibility index (Phi) is 2.54. The molecule has 7 heteroatoms. The molecule has 0 unspecified atom stereocenters. The van der Waals surface area contributed by atoms with Gasteiger partial charge >= 0.3 is 0 Å². The van der Waals surface area contributed by atoms with Crippen LogP contribution in [0.2, 0.25) is 10.0 Å². The molecule has 0 spiro atoms. The minimum atomic E-state index is 0.382. The maximum absolute atomic E-state index is 5.92. The number of nitrogen functional groups attached to an aromatic ring is 1. The van der Waals surface area contributed by atoms with Crippen molar-refractivity contribution in [2.75, 3.05) is 5.73 Å². The summed E-state index contributed by atoms with van der Waals surface area (Å²) in [6.07, 6.45) is 1.50. The van der Waals surface area contributed by atoms with Gasteiger partial charge in [-0.15, -0.1) is 10.2 Å². The SMILES string of the molecule is Nc1nnc(-c2ncc(Cl)cc2Cl)s1. The maximum atomic E-state index is 5.92. The monoisotopic (exact) mass is 246 g/mol. The van der Waals surface area contributed by atoms with Crippen LogP contribution in [0.3, 0.4) is 0 Å². The van der Waals surface area contributed by atoms with Crippen LogP contribution in [0.25, 0.3) is 10.7 Å². The number of halogens is 2. The normalized spacial score (nSPS) is 10.4. The van der Waals surface area contributed by atoms with Crippen LogP contribution < -0.4 is 5.73 Å². The van der Waals surface area contributed by atoms with Crippen molar-refractivity contribution in [2.24, 2.45) is 0 Å². The molecule has 2 heterocycles. The molecule has 0 aliphatic heterocycles. The molecule has 0 bridgehead atoms. The van der Waals surface area contributed by atoms with Crippen LogP contribution in [0.1, 0.15) is 0 Å². The highest BCUT2D eigenvalue weighted by atomic mass is 35.5. The molecule has 14 heavy (non-hydrogen) atoms. The van der Waals surface area contributed by atoms with Gasteiger partial charge in [0, 0.05) is 6.20 Å². The molecule has 2 rings (SSSR count). The van der Waals surface area contributed by atoms with Gasteiger partial charge in [-0.1, -0.05) is 34.5 Å². The average Bonchev–Trinajstić information content (AvgIpc) is 2.51. The topological polar surface area (TPSA) is 64.7 Å². The van der Waals surface area contributed by atoms with Crippen molar-refractivity contribution in [3.63, 3.8) is 0 Å². The minimum absolute atomic E-state index is 0.382. The van der Waals surface area contributed by atoms with Gasteiger partial charge in [0.1, 0.15) is 5.69 Å². The van der Waals surface area contributed by atoms with Crippen LogP contribution >= 0.6 is 34.5 Å². The molecule has 0 aromatic carbocycles. The highest BCUT2D eigenvalue weighted by molar-refractivity contribution is 7.18. The van der Waals surface area contributed by atoms with Crippen LogP contribution in [0.4, 0.5) is 5.13 Å². The van der Waals surface area contributed by atoms with Gasteiger partial charge in [-0.05, 0) is 6.07 Å². The zero-order valence-electron chi connectivity index (χ0n) is 6.74. The first-order valence-corrected chi connectivity index (χ1v) is 5.14. The Morgan fingerprint density at radius 3 is 2.64 bits per heavy atom. The Morgan fingerprint density at radius 1 is 1.29 bits per heavy atom. The maximum Gasteiger partial charge on any atom is 0.203 e. The molecule has 0 saturated heterocycles. The number of rotatable bonds is 1. The number of hydrogen-bond donors (Lipinski definition) is 1. The van der Waals surface area contributed by atoms with E-state index in [0.29, 0.717) is 25.9 Å². The van der Waals surface area contributed by atoms with Gasteiger partial charge < -0.3 is 5.73 Å². The highest BCUT2D eigenvalue weighted by Crippen LogP contribution is 2.30. The molecule has 2 aromatic heterocycles. The van der Waals surface area contributed by atoms with E-state index in [0.717, 1.165) is 0 Å². The van der Waals surface area contributed by atoms with Crippen LogP contribution in [-0.4, -0.2) is 15.2 Å². The lowest BCUT2D eigenvalue weighted by atomic mass is 10.4. The van der Waals surface area contributed by atoms with Crippen molar-refractivity contribution in [1.29, 1.82) is 0 Å². The van der Waals surface area contributed by atoms with E-state index < -0.39 is 0 Å². The van der Waals surface area contributed by atoms with Gasteiger partial charge in [0.25, 0.3) is 0 Å². The largest absolute Gasteiger partial charge is 0.374 e. The molecule has 0 aliphatic rings. The van der Waals surface area contributed by atoms with Crippen LogP contribution in [-0.2, 0) is 0 Å². The van der Waals surface area contributed by atoms with Crippen LogP contribution in [0.5, 0.6) is 0 Å². The van der Waals surface area contributed by atoms with Gasteiger partial charge in [-0.3, -0.25) is 4.98 Å². The third-order valence-electron chi connectivity index (χ3n) is 1.45. The number of pyridine rings is 1. The predicted octanol–water partition coefficient (Wildman–Crippen LogP) is 2.49. The van der Waals surface area contributed by atoms with E-state index in [1.54, 1.807) is 6.07 Å². The molecule has 2 N–H and O–H groups in total. The van der Waals surface area contributed by atoms with Crippen molar-refractivity contribution in [2.45, 2.75) is 0 Å². The Labute approximate surface area is 93.7 Å². The van der Waals surface area contributed by atoms with Crippen molar-refractivity contribution >= 4 is 39.7 Å². The van der Waals surface area contributed by atoms with Crippen molar-refractivity contribution in [3.05, 3.63) is 22.3 Å². The molecule has 0 atom stereocenters. The Hall–Kier alpha value is -0.910. The third-order valence-corrected chi connectivity index (χ3v) is 2.70. The minimum Gasteiger partial charge on any atom is -0.374 e. The number of nitrogens with two attached hydrogens (primary N) is 1. The van der Waals surface area contributed by atoms with Gasteiger partial charge in [0.15, 0.2) is 5.01 Å². The molecule has 0 fully saturated rings. The fourth-order valence-electron chi connectivity index (χ4n) is 0.902. The molecule has 4 nitrogen and oxygen atoms in total. The number of nitrogens with zero attached hydrogens (tertiary/aromatic N) is 3. The van der Waals surface area contributed by atoms with Crippen molar-refractivity contribution < 1.29 is 0 Å². The van der Waals surface area contributed by atoms with Gasteiger partial charge in [-0.2, -0.15) is 0 Å². The molecular formula is C7H4Cl2N4S. The lowest BCUT2D eigenvalue weighted by Gasteiger charge is -1.97. The number of anilines is 1. The first-order valence-electron chi connectivity index (χ1n) is 3.57. The lowest BCUT2D eigenvalue weighted by molar-refractivity contribution is 1.09. The fraction of sp³-hybridized carbons (Fsp3) is 0. The number of aromatic nitrogens is 3. The van der Waals surface area contributed by atoms with Crippen LogP contribution in [0.15, 0.2) is 12.3 Å². The Bertz CT molecular complexity index is 470. The van der Waals surface area contributed by atoms with E-state index in [4.69, 9.17) is 28.9 Å². The second kappa shape index (κ2) is 3.68. The van der Waals surface area contributed by atoms with Gasteiger partial charge in [0.2, 0.25) is 5.13 Å². The Morgan fingerprint density at radius 2 is 2.07 bits per heavy atom. The zero-order chi connectivity index (χ0) is 10.1. The Balaban J connectivity index is 2.52. The first-order chi connectivity index (χ1) is 6.66. The van der Waals surface area contributed by atoms with Crippen molar-refractivity contribution in [3.8, 4) is 10.7 Å². The molecule has 0 amide bonds. The molecule has 72 valence electrons. The summed E-state index contributed by atoms with van der Waals surface area (Å²) in [4.78, 5) is 4.05. The molecule has 2 aromatic rings. The zero-order valence-corrected chi connectivity index (χ0v) is 9.07. The van der Waals surface area contributed by atoms with Gasteiger partial charge in [0.05, 0.1) is 10.0 Å². The fourth-order valence-corrected chi connectivity index (χ4v) is 2.05. The predicted molar refractivity (Wildman–Crippen MR) is 57.6 cm³/mol. The summed E-state index contributed by atoms with van der Waals surface area (Å²) in [5.74, 6) is 0. The van der Waals surface area contributed by atoms with E-state index in [-0.39, 0.29) is 0 Å². The standard InChI is InChI=1S/C7H4Cl2N4S/c8-3-1-4(9)5(11-2-3)6-12-13-7(10)14-6/h1-2H,(H2,10,13). The van der Waals surface area contributed by atoms with E-state index in [2.05, 4.69) is 15.2 Å². The van der Waals surface area contributed by atoms with E-state index >= 15 is 0 Å². The van der Waals surface area contributed by atoms with Crippen molar-refractivity contribution in [1.82, 2.24) is 15.2 Å². The highest BCUT2D eigenvalue weighted by Gasteiger charge is 2.10. The molecule has 0 aliphatic carbocycles. The van der Waals surface area contributed by atoms with E-state index in [1.165, 1.54) is 17.5 Å².